The Balaban J connectivity index is 1.55. The van der Waals surface area contributed by atoms with E-state index in [-0.39, 0.29) is 18.2 Å². The van der Waals surface area contributed by atoms with Crippen LogP contribution in [0.3, 0.4) is 0 Å². The van der Waals surface area contributed by atoms with Gasteiger partial charge in [-0.2, -0.15) is 13.2 Å². The normalized spacial score (nSPS) is 24.6. The van der Waals surface area contributed by atoms with Crippen LogP contribution in [-0.4, -0.2) is 45.7 Å². The van der Waals surface area contributed by atoms with E-state index in [0.29, 0.717) is 46.4 Å². The number of fused-ring (bicyclic) bond motifs is 4. The highest BCUT2D eigenvalue weighted by Crippen LogP contribution is 2.46. The van der Waals surface area contributed by atoms with Crippen molar-refractivity contribution >= 4 is 16.6 Å². The molecule has 3 fully saturated rings. The fourth-order valence-electron chi connectivity index (χ4n) is 6.09. The second-order valence-corrected chi connectivity index (χ2v) is 9.90. The van der Waals surface area contributed by atoms with E-state index in [9.17, 15) is 28.4 Å². The van der Waals surface area contributed by atoms with Gasteiger partial charge in [-0.3, -0.25) is 15.1 Å². The maximum Gasteiger partial charge on any atom is 0.416 e. The molecule has 0 saturated carbocycles. The van der Waals surface area contributed by atoms with E-state index >= 15 is 0 Å². The van der Waals surface area contributed by atoms with Gasteiger partial charge in [0, 0.05) is 24.1 Å². The van der Waals surface area contributed by atoms with Crippen molar-refractivity contribution in [2.45, 2.75) is 44.1 Å². The van der Waals surface area contributed by atoms with Gasteiger partial charge in [0.25, 0.3) is 5.69 Å². The lowest BCUT2D eigenvalue weighted by Gasteiger charge is -2.55. The SMILES string of the molecule is COc1ccc2nccc([C@H](O)[C@H]3CC4CC[N+]3(Cc3ccc(C(F)(F)F)cc3[N+](=O)[O-])CC4)c2c1. The number of alkyl halides is 3. The summed E-state index contributed by atoms with van der Waals surface area (Å²) < 4.78 is 45.5. The Kier molecular flexibility index (Phi) is 6.12. The van der Waals surface area contributed by atoms with Crippen LogP contribution in [0.4, 0.5) is 18.9 Å². The second-order valence-electron chi connectivity index (χ2n) is 9.90. The summed E-state index contributed by atoms with van der Waals surface area (Å²) in [5, 5.41) is 24.3. The summed E-state index contributed by atoms with van der Waals surface area (Å²) in [6, 6.07) is 9.75. The lowest BCUT2D eigenvalue weighted by atomic mass is 9.76. The fraction of sp³-hybridized carbons (Fsp3) is 0.423. The first-order valence-electron chi connectivity index (χ1n) is 11.9. The first-order valence-corrected chi connectivity index (χ1v) is 11.9. The van der Waals surface area contributed by atoms with Crippen molar-refractivity contribution in [2.75, 3.05) is 20.2 Å². The minimum atomic E-state index is -4.67. The number of aliphatic hydroxyl groups is 1. The number of pyridine rings is 1. The van der Waals surface area contributed by atoms with Gasteiger partial charge < -0.3 is 14.3 Å². The van der Waals surface area contributed by atoms with Crippen molar-refractivity contribution in [1.29, 1.82) is 0 Å². The number of nitrogens with zero attached hydrogens (tertiary/aromatic N) is 3. The number of halogens is 3. The van der Waals surface area contributed by atoms with E-state index in [1.807, 2.05) is 12.1 Å². The van der Waals surface area contributed by atoms with Crippen molar-refractivity contribution in [3.8, 4) is 5.75 Å². The Morgan fingerprint density at radius 1 is 1.19 bits per heavy atom. The zero-order valence-corrected chi connectivity index (χ0v) is 19.7. The molecule has 0 amide bonds. The van der Waals surface area contributed by atoms with Gasteiger partial charge in [0.1, 0.15) is 24.4 Å². The van der Waals surface area contributed by atoms with Gasteiger partial charge in [-0.05, 0) is 60.7 Å². The molecule has 0 spiro atoms. The number of piperidine rings is 3. The first-order chi connectivity index (χ1) is 17.1. The number of ether oxygens (including phenoxy) is 1. The average Bonchev–Trinajstić information content (AvgIpc) is 2.87. The Morgan fingerprint density at radius 2 is 1.94 bits per heavy atom. The summed E-state index contributed by atoms with van der Waals surface area (Å²) in [7, 11) is 1.57. The van der Waals surface area contributed by atoms with E-state index in [1.165, 1.54) is 6.07 Å². The number of methoxy groups -OCH3 is 1. The van der Waals surface area contributed by atoms with Crippen molar-refractivity contribution in [3.63, 3.8) is 0 Å². The van der Waals surface area contributed by atoms with Crippen molar-refractivity contribution < 1.29 is 32.4 Å². The third-order valence-corrected chi connectivity index (χ3v) is 8.00. The molecule has 3 saturated heterocycles. The topological polar surface area (TPSA) is 85.5 Å². The molecule has 36 heavy (non-hydrogen) atoms. The monoisotopic (exact) mass is 502 g/mol. The van der Waals surface area contributed by atoms with Gasteiger partial charge in [0.15, 0.2) is 0 Å². The van der Waals surface area contributed by atoms with Crippen LogP contribution in [-0.2, 0) is 12.7 Å². The van der Waals surface area contributed by atoms with Crippen LogP contribution in [0.25, 0.3) is 10.9 Å². The first kappa shape index (κ1) is 24.5. The number of rotatable bonds is 6. The fourth-order valence-corrected chi connectivity index (χ4v) is 6.09. The quantitative estimate of drug-likeness (QED) is 0.277. The Hall–Kier alpha value is -3.24. The standard InChI is InChI=1S/C26H27F3N3O4/c1-36-19-4-5-22-21(14-19)20(6-9-30-22)25(33)24-12-16-7-10-32(24,11-8-16)15-17-2-3-18(26(27,28)29)13-23(17)31(34)35/h2-6,9,13-14,16,24-25,33H,7-8,10-12,15H2,1H3/q+1/t16?,24-,25+,32?/m1/s1. The minimum Gasteiger partial charge on any atom is -0.497 e. The molecule has 2 aromatic carbocycles. The summed E-state index contributed by atoms with van der Waals surface area (Å²) in [4.78, 5) is 15.4. The van der Waals surface area contributed by atoms with Gasteiger partial charge in [-0.1, -0.05) is 0 Å². The Labute approximate surface area is 205 Å². The molecule has 6 rings (SSSR count). The number of aromatic nitrogens is 1. The highest BCUT2D eigenvalue weighted by atomic mass is 19.4. The summed E-state index contributed by atoms with van der Waals surface area (Å²) in [6.45, 7) is 1.60. The molecule has 0 radical (unpaired) electrons. The van der Waals surface area contributed by atoms with Crippen LogP contribution in [0.15, 0.2) is 48.7 Å². The van der Waals surface area contributed by atoms with Crippen LogP contribution in [0, 0.1) is 16.0 Å². The van der Waals surface area contributed by atoms with Gasteiger partial charge in [-0.25, -0.2) is 0 Å². The number of hydrogen-bond acceptors (Lipinski definition) is 5. The molecular formula is C26H27F3N3O4+. The summed E-state index contributed by atoms with van der Waals surface area (Å²) in [5.74, 6) is 1.08. The molecule has 2 bridgehead atoms. The average molecular weight is 503 g/mol. The lowest BCUT2D eigenvalue weighted by Crippen LogP contribution is -2.65. The molecule has 10 heteroatoms. The summed E-state index contributed by atoms with van der Waals surface area (Å²) in [6.07, 6.45) is -1.32. The zero-order valence-electron chi connectivity index (χ0n) is 19.7. The van der Waals surface area contributed by atoms with E-state index < -0.39 is 28.5 Å². The predicted octanol–water partition coefficient (Wildman–Crippen LogP) is 5.40. The van der Waals surface area contributed by atoms with Crippen molar-refractivity contribution in [2.24, 2.45) is 5.92 Å². The molecule has 1 N–H and O–H groups in total. The molecule has 3 aliphatic heterocycles. The van der Waals surface area contributed by atoms with Gasteiger partial charge in [0.2, 0.25) is 0 Å². The molecule has 3 aromatic rings. The predicted molar refractivity (Wildman–Crippen MR) is 126 cm³/mol. The number of nitro benzene ring substituents is 1. The maximum absolute atomic E-state index is 13.2. The molecule has 0 unspecified atom stereocenters. The van der Waals surface area contributed by atoms with Crippen molar-refractivity contribution in [1.82, 2.24) is 4.98 Å². The lowest BCUT2D eigenvalue weighted by molar-refractivity contribution is -0.982. The number of quaternary nitrogens is 1. The number of aliphatic hydroxyl groups excluding tert-OH is 1. The van der Waals surface area contributed by atoms with Crippen LogP contribution < -0.4 is 4.74 Å². The highest BCUT2D eigenvalue weighted by Gasteiger charge is 2.51. The Bertz CT molecular complexity index is 1310. The van der Waals surface area contributed by atoms with E-state index in [2.05, 4.69) is 4.98 Å². The molecule has 1 aromatic heterocycles. The van der Waals surface area contributed by atoms with Crippen molar-refractivity contribution in [3.05, 3.63) is 75.5 Å². The largest absolute Gasteiger partial charge is 0.497 e. The second kappa shape index (κ2) is 9.01. The smallest absolute Gasteiger partial charge is 0.416 e. The Morgan fingerprint density at radius 3 is 2.61 bits per heavy atom. The van der Waals surface area contributed by atoms with E-state index in [1.54, 1.807) is 25.4 Å². The van der Waals surface area contributed by atoms with Crippen LogP contribution in [0.2, 0.25) is 0 Å². The van der Waals surface area contributed by atoms with Crippen LogP contribution in [0.5, 0.6) is 5.75 Å². The molecule has 7 nitrogen and oxygen atoms in total. The van der Waals surface area contributed by atoms with E-state index in [0.717, 1.165) is 30.7 Å². The number of hydrogen-bond donors (Lipinski definition) is 1. The van der Waals surface area contributed by atoms with Gasteiger partial charge in [0.05, 0.1) is 41.8 Å². The maximum atomic E-state index is 13.2. The highest BCUT2D eigenvalue weighted by molar-refractivity contribution is 5.83. The summed E-state index contributed by atoms with van der Waals surface area (Å²) >= 11 is 0. The minimum absolute atomic E-state index is 0.190. The van der Waals surface area contributed by atoms with Crippen LogP contribution >= 0.6 is 0 Å². The van der Waals surface area contributed by atoms with E-state index in [4.69, 9.17) is 4.74 Å². The molecule has 3 aliphatic rings. The van der Waals surface area contributed by atoms with Gasteiger partial charge >= 0.3 is 6.18 Å². The summed E-state index contributed by atoms with van der Waals surface area (Å²) in [5.41, 5.74) is 0.109. The zero-order chi connectivity index (χ0) is 25.7. The molecule has 4 heterocycles. The van der Waals surface area contributed by atoms with Gasteiger partial charge in [-0.15, -0.1) is 0 Å². The third kappa shape index (κ3) is 4.28. The molecule has 190 valence electrons. The van der Waals surface area contributed by atoms with Crippen LogP contribution in [0.1, 0.15) is 42.1 Å². The molecule has 0 aliphatic carbocycles. The molecular weight excluding hydrogens is 475 g/mol. The number of nitro groups is 1. The third-order valence-electron chi connectivity index (χ3n) is 8.00. The molecule has 2 atom stereocenters. The number of benzene rings is 2.